The normalized spacial score (nSPS) is 22.1. The van der Waals surface area contributed by atoms with Gasteiger partial charge in [-0.2, -0.15) is 4.31 Å². The van der Waals surface area contributed by atoms with Crippen molar-refractivity contribution in [3.05, 3.63) is 35.4 Å². The molecule has 27 heavy (non-hydrogen) atoms. The van der Waals surface area contributed by atoms with Gasteiger partial charge in [0.25, 0.3) is 0 Å². The highest BCUT2D eigenvalue weighted by molar-refractivity contribution is 7.89. The number of hydrogen-bond donors (Lipinski definition) is 0. The lowest BCUT2D eigenvalue weighted by atomic mass is 10.0. The summed E-state index contributed by atoms with van der Waals surface area (Å²) in [7, 11) is -1.15. The van der Waals surface area contributed by atoms with Crippen LogP contribution in [0, 0.1) is 0 Å². The zero-order valence-electron chi connectivity index (χ0n) is 15.4. The van der Waals surface area contributed by atoms with E-state index in [0.29, 0.717) is 11.1 Å². The summed E-state index contributed by atoms with van der Waals surface area (Å²) in [6.45, 7) is 0. The molecule has 1 aliphatic heterocycles. The van der Waals surface area contributed by atoms with E-state index in [9.17, 15) is 18.0 Å². The van der Waals surface area contributed by atoms with Gasteiger partial charge in [-0.3, -0.25) is 4.79 Å². The molecule has 1 fully saturated rings. The van der Waals surface area contributed by atoms with Crippen LogP contribution in [0.2, 0.25) is 0 Å². The van der Waals surface area contributed by atoms with Crippen molar-refractivity contribution >= 4 is 28.0 Å². The van der Waals surface area contributed by atoms with Gasteiger partial charge in [-0.15, -0.1) is 0 Å². The molecule has 1 saturated carbocycles. The summed E-state index contributed by atoms with van der Waals surface area (Å²) in [6.07, 6.45) is 6.27. The van der Waals surface area contributed by atoms with Gasteiger partial charge in [0.15, 0.2) is 0 Å². The summed E-state index contributed by atoms with van der Waals surface area (Å²) in [6, 6.07) is 4.33. The lowest BCUT2D eigenvalue weighted by molar-refractivity contribution is -0.141. The maximum Gasteiger partial charge on any atom is 0.330 e. The molecule has 0 unspecified atom stereocenters. The quantitative estimate of drug-likeness (QED) is 0.564. The van der Waals surface area contributed by atoms with Crippen molar-refractivity contribution in [2.75, 3.05) is 14.2 Å². The van der Waals surface area contributed by atoms with Gasteiger partial charge in [0, 0.05) is 12.1 Å². The van der Waals surface area contributed by atoms with Gasteiger partial charge >= 0.3 is 11.9 Å². The van der Waals surface area contributed by atoms with Gasteiger partial charge in [-0.1, -0.05) is 25.0 Å². The van der Waals surface area contributed by atoms with E-state index in [-0.39, 0.29) is 17.4 Å². The molecule has 0 bridgehead atoms. The van der Waals surface area contributed by atoms with Crippen LogP contribution in [-0.4, -0.2) is 44.9 Å². The van der Waals surface area contributed by atoms with Crippen LogP contribution in [0.1, 0.15) is 49.3 Å². The van der Waals surface area contributed by atoms with E-state index >= 15 is 0 Å². The monoisotopic (exact) mass is 393 g/mol. The highest BCUT2D eigenvalue weighted by Gasteiger charge is 2.47. The molecular weight excluding hydrogens is 370 g/mol. The van der Waals surface area contributed by atoms with E-state index < -0.39 is 28.0 Å². The van der Waals surface area contributed by atoms with Crippen molar-refractivity contribution in [3.63, 3.8) is 0 Å². The molecule has 1 aliphatic carbocycles. The molecule has 3 rings (SSSR count). The SMILES string of the molecule is COC(=O)/C=C/c1ccc2c(c1)S(=O)(=O)N(C1CCCC1)[C@H]2CC(=O)OC. The van der Waals surface area contributed by atoms with Crippen molar-refractivity contribution in [1.29, 1.82) is 0 Å². The largest absolute Gasteiger partial charge is 0.469 e. The van der Waals surface area contributed by atoms with E-state index in [0.717, 1.165) is 25.7 Å². The Labute approximate surface area is 159 Å². The van der Waals surface area contributed by atoms with Crippen LogP contribution >= 0.6 is 0 Å². The Hall–Kier alpha value is -2.19. The first-order valence-electron chi connectivity index (χ1n) is 8.89. The zero-order chi connectivity index (χ0) is 19.6. The second kappa shape index (κ2) is 7.82. The Morgan fingerprint density at radius 1 is 1.19 bits per heavy atom. The molecule has 7 nitrogen and oxygen atoms in total. The molecule has 0 spiro atoms. The number of carbonyl (C=O) groups excluding carboxylic acids is 2. The number of rotatable bonds is 5. The molecule has 2 aliphatic rings. The van der Waals surface area contributed by atoms with Crippen LogP contribution in [0.5, 0.6) is 0 Å². The number of benzene rings is 1. The molecule has 146 valence electrons. The Bertz CT molecular complexity index is 870. The predicted octanol–water partition coefficient (Wildman–Crippen LogP) is 2.42. The van der Waals surface area contributed by atoms with Crippen molar-refractivity contribution in [2.45, 2.75) is 49.1 Å². The van der Waals surface area contributed by atoms with E-state index in [1.54, 1.807) is 18.2 Å². The minimum absolute atomic E-state index is 0.0173. The molecule has 0 amide bonds. The topological polar surface area (TPSA) is 90.0 Å². The van der Waals surface area contributed by atoms with E-state index in [1.165, 1.54) is 30.7 Å². The second-order valence-corrected chi connectivity index (χ2v) is 8.53. The lowest BCUT2D eigenvalue weighted by Crippen LogP contribution is -2.37. The molecule has 1 aromatic rings. The minimum Gasteiger partial charge on any atom is -0.469 e. The van der Waals surface area contributed by atoms with E-state index in [1.807, 2.05) is 0 Å². The number of sulfonamides is 1. The number of ether oxygens (including phenoxy) is 2. The molecule has 0 N–H and O–H groups in total. The summed E-state index contributed by atoms with van der Waals surface area (Å²) < 4.78 is 37.4. The van der Waals surface area contributed by atoms with Crippen LogP contribution in [0.4, 0.5) is 0 Å². The first-order valence-corrected chi connectivity index (χ1v) is 10.3. The average Bonchev–Trinajstić information content (AvgIpc) is 3.25. The number of nitrogens with zero attached hydrogens (tertiary/aromatic N) is 1. The molecule has 0 aromatic heterocycles. The Morgan fingerprint density at radius 3 is 2.52 bits per heavy atom. The summed E-state index contributed by atoms with van der Waals surface area (Å²) in [5, 5.41) is 0. The molecular formula is C19H23NO6S. The van der Waals surface area contributed by atoms with Gasteiger partial charge in [-0.25, -0.2) is 13.2 Å². The molecule has 1 heterocycles. The third kappa shape index (κ3) is 3.77. The van der Waals surface area contributed by atoms with Crippen molar-refractivity contribution < 1.29 is 27.5 Å². The summed E-state index contributed by atoms with van der Waals surface area (Å²) in [5.41, 5.74) is 1.18. The minimum atomic E-state index is -3.72. The highest BCUT2D eigenvalue weighted by atomic mass is 32.2. The summed E-state index contributed by atoms with van der Waals surface area (Å²) >= 11 is 0. The molecule has 0 radical (unpaired) electrons. The number of methoxy groups -OCH3 is 2. The molecule has 8 heteroatoms. The van der Waals surface area contributed by atoms with Crippen LogP contribution < -0.4 is 0 Å². The number of fused-ring (bicyclic) bond motifs is 1. The first kappa shape index (κ1) is 19.6. The molecule has 1 aromatic carbocycles. The average molecular weight is 393 g/mol. The Balaban J connectivity index is 2.03. The fourth-order valence-electron chi connectivity index (χ4n) is 3.85. The van der Waals surface area contributed by atoms with Gasteiger partial charge < -0.3 is 9.47 Å². The molecule has 1 atom stereocenters. The standard InChI is InChI=1S/C19H23NO6S/c1-25-18(21)10-8-13-7-9-15-16(12-19(22)26-2)20(14-5-3-4-6-14)27(23,24)17(15)11-13/h7-11,14,16H,3-6,12H2,1-2H3/b10-8+/t16-/m0/s1. The third-order valence-corrected chi connectivity index (χ3v) is 7.16. The number of esters is 2. The third-order valence-electron chi connectivity index (χ3n) is 5.14. The van der Waals surface area contributed by atoms with Gasteiger partial charge in [-0.05, 0) is 36.1 Å². The van der Waals surface area contributed by atoms with Crippen LogP contribution in [-0.2, 0) is 29.1 Å². The molecule has 0 saturated heterocycles. The number of hydrogen-bond acceptors (Lipinski definition) is 6. The number of carbonyl (C=O) groups is 2. The first-order chi connectivity index (χ1) is 12.9. The fraction of sp³-hybridized carbons (Fsp3) is 0.474. The van der Waals surface area contributed by atoms with Gasteiger partial charge in [0.1, 0.15) is 0 Å². The smallest absolute Gasteiger partial charge is 0.330 e. The Morgan fingerprint density at radius 2 is 1.89 bits per heavy atom. The van der Waals surface area contributed by atoms with Crippen LogP contribution in [0.25, 0.3) is 6.08 Å². The van der Waals surface area contributed by atoms with Gasteiger partial charge in [0.05, 0.1) is 31.6 Å². The van der Waals surface area contributed by atoms with Crippen LogP contribution in [0.3, 0.4) is 0 Å². The van der Waals surface area contributed by atoms with Crippen LogP contribution in [0.15, 0.2) is 29.2 Å². The highest BCUT2D eigenvalue weighted by Crippen LogP contribution is 2.46. The van der Waals surface area contributed by atoms with E-state index in [2.05, 4.69) is 4.74 Å². The zero-order valence-corrected chi connectivity index (χ0v) is 16.2. The summed E-state index contributed by atoms with van der Waals surface area (Å²) in [5.74, 6) is -0.963. The van der Waals surface area contributed by atoms with Crippen molar-refractivity contribution in [2.24, 2.45) is 0 Å². The van der Waals surface area contributed by atoms with E-state index in [4.69, 9.17) is 4.74 Å². The second-order valence-electron chi connectivity index (χ2n) is 6.72. The van der Waals surface area contributed by atoms with Gasteiger partial charge in [0.2, 0.25) is 10.0 Å². The lowest BCUT2D eigenvalue weighted by Gasteiger charge is -2.28. The van der Waals surface area contributed by atoms with Crippen molar-refractivity contribution in [1.82, 2.24) is 4.31 Å². The fourth-order valence-corrected chi connectivity index (χ4v) is 5.99. The Kier molecular flexibility index (Phi) is 5.67. The van der Waals surface area contributed by atoms with Crippen molar-refractivity contribution in [3.8, 4) is 0 Å². The maximum absolute atomic E-state index is 13.3. The maximum atomic E-state index is 13.3. The summed E-state index contributed by atoms with van der Waals surface area (Å²) in [4.78, 5) is 23.4. The predicted molar refractivity (Wildman–Crippen MR) is 98.1 cm³/mol.